The topological polar surface area (TPSA) is 123 Å². The maximum absolute atomic E-state index is 12.7. The first kappa shape index (κ1) is 22.5. The highest BCUT2D eigenvalue weighted by Gasteiger charge is 2.52. The summed E-state index contributed by atoms with van der Waals surface area (Å²) in [6.07, 6.45) is 5.26. The summed E-state index contributed by atoms with van der Waals surface area (Å²) in [5.41, 5.74) is 6.10. The highest BCUT2D eigenvalue weighted by atomic mass is 35.5. The van der Waals surface area contributed by atoms with E-state index in [0.717, 1.165) is 15.3 Å². The van der Waals surface area contributed by atoms with Crippen LogP contribution in [-0.2, 0) is 10.0 Å². The second kappa shape index (κ2) is 8.29. The molecule has 2 rings (SSSR count). The summed E-state index contributed by atoms with van der Waals surface area (Å²) in [4.78, 5) is 2.22. The second-order valence-corrected chi connectivity index (χ2v) is 9.44. The first-order valence-electron chi connectivity index (χ1n) is 7.64. The third-order valence-electron chi connectivity index (χ3n) is 3.90. The number of nitriles is 1. The zero-order valence-electron chi connectivity index (χ0n) is 14.7. The monoisotopic (exact) mass is 463 g/mol. The minimum absolute atomic E-state index is 0.0181. The zero-order chi connectivity index (χ0) is 21.3. The summed E-state index contributed by atoms with van der Waals surface area (Å²) in [7, 11) is -1.85. The molecule has 0 saturated heterocycles. The van der Waals surface area contributed by atoms with Crippen LogP contribution >= 0.6 is 34.8 Å². The molecule has 0 spiro atoms. The van der Waals surface area contributed by atoms with Gasteiger partial charge >= 0.3 is 0 Å². The Hall–Kier alpha value is -1.80. The molecule has 0 fully saturated rings. The largest absolute Gasteiger partial charge is 0.369 e. The van der Waals surface area contributed by atoms with Crippen LogP contribution in [0.1, 0.15) is 0 Å². The minimum atomic E-state index is -4.33. The molecule has 28 heavy (non-hydrogen) atoms. The van der Waals surface area contributed by atoms with Crippen molar-refractivity contribution in [1.29, 1.82) is 5.26 Å². The SMILES string of the molecule is CN(C)S(=O)(=O)C1(O)C=C(Cl)C=CC1N(C#N)C(N)=Nc1cccc(Cl)c1Cl. The number of hydrogen-bond donors (Lipinski definition) is 2. The van der Waals surface area contributed by atoms with Crippen LogP contribution in [0.25, 0.3) is 0 Å². The molecule has 12 heteroatoms. The van der Waals surface area contributed by atoms with E-state index < -0.39 is 27.0 Å². The average Bonchev–Trinajstić information content (AvgIpc) is 2.61. The van der Waals surface area contributed by atoms with E-state index in [1.165, 1.54) is 32.3 Å². The molecule has 0 amide bonds. The van der Waals surface area contributed by atoms with Gasteiger partial charge in [-0.05, 0) is 24.3 Å². The number of guanidine groups is 1. The molecule has 150 valence electrons. The molecule has 1 aliphatic carbocycles. The molecule has 0 bridgehead atoms. The molecular weight excluding hydrogens is 449 g/mol. The molecule has 2 unspecified atom stereocenters. The lowest BCUT2D eigenvalue weighted by atomic mass is 10.0. The van der Waals surface area contributed by atoms with E-state index in [9.17, 15) is 18.8 Å². The van der Waals surface area contributed by atoms with Gasteiger partial charge in [-0.2, -0.15) is 5.26 Å². The van der Waals surface area contributed by atoms with Gasteiger partial charge < -0.3 is 10.8 Å². The summed E-state index contributed by atoms with van der Waals surface area (Å²) in [6.45, 7) is 0. The van der Waals surface area contributed by atoms with Crippen molar-refractivity contribution in [3.63, 3.8) is 0 Å². The summed E-state index contributed by atoms with van der Waals surface area (Å²) in [5, 5.41) is 20.9. The van der Waals surface area contributed by atoms with Crippen molar-refractivity contribution >= 4 is 56.5 Å². The number of allylic oxidation sites excluding steroid dienone is 2. The van der Waals surface area contributed by atoms with E-state index in [1.807, 2.05) is 0 Å². The van der Waals surface area contributed by atoms with Gasteiger partial charge in [-0.15, -0.1) is 0 Å². The Bertz CT molecular complexity index is 1020. The van der Waals surface area contributed by atoms with Gasteiger partial charge in [-0.3, -0.25) is 0 Å². The summed E-state index contributed by atoms with van der Waals surface area (Å²) in [5.74, 6) is -0.403. The van der Waals surface area contributed by atoms with Crippen LogP contribution in [0.5, 0.6) is 0 Å². The normalized spacial score (nSPS) is 22.7. The van der Waals surface area contributed by atoms with E-state index in [4.69, 9.17) is 40.5 Å². The van der Waals surface area contributed by atoms with Gasteiger partial charge in [0.2, 0.25) is 20.9 Å². The number of nitrogens with two attached hydrogens (primary N) is 1. The number of rotatable bonds is 4. The smallest absolute Gasteiger partial charge is 0.249 e. The number of halogens is 3. The van der Waals surface area contributed by atoms with Gasteiger partial charge in [-0.25, -0.2) is 22.6 Å². The lowest BCUT2D eigenvalue weighted by Gasteiger charge is -2.38. The Kier molecular flexibility index (Phi) is 6.66. The van der Waals surface area contributed by atoms with Crippen molar-refractivity contribution in [3.8, 4) is 6.19 Å². The molecule has 8 nitrogen and oxygen atoms in total. The number of hydrogen-bond acceptors (Lipinski definition) is 5. The lowest BCUT2D eigenvalue weighted by Crippen LogP contribution is -2.60. The summed E-state index contributed by atoms with van der Waals surface area (Å²) < 4.78 is 26.3. The van der Waals surface area contributed by atoms with E-state index in [0.29, 0.717) is 0 Å². The van der Waals surface area contributed by atoms with Crippen molar-refractivity contribution in [3.05, 3.63) is 51.5 Å². The number of nitrogens with zero attached hydrogens (tertiary/aromatic N) is 4. The first-order chi connectivity index (χ1) is 13.0. The third-order valence-corrected chi connectivity index (χ3v) is 7.09. The van der Waals surface area contributed by atoms with Crippen molar-refractivity contribution in [2.45, 2.75) is 11.0 Å². The van der Waals surface area contributed by atoms with Gasteiger partial charge in [0.1, 0.15) is 6.04 Å². The van der Waals surface area contributed by atoms with Gasteiger partial charge in [0, 0.05) is 19.1 Å². The van der Waals surface area contributed by atoms with Crippen LogP contribution in [0.3, 0.4) is 0 Å². The minimum Gasteiger partial charge on any atom is -0.369 e. The maximum atomic E-state index is 12.7. The molecule has 1 aromatic carbocycles. The Morgan fingerprint density at radius 1 is 1.36 bits per heavy atom. The fourth-order valence-electron chi connectivity index (χ4n) is 2.45. The van der Waals surface area contributed by atoms with Gasteiger partial charge in [0.25, 0.3) is 0 Å². The number of sulfonamides is 1. The standard InChI is InChI=1S/C16H16Cl3N5O3S/c1-23(2)28(26,27)16(25)8-10(17)6-7-13(16)24(9-20)15(21)22-12-5-3-4-11(18)14(12)19/h3-8,13,25H,1-2H3,(H2,21,22). The highest BCUT2D eigenvalue weighted by molar-refractivity contribution is 7.90. The molecule has 0 radical (unpaired) electrons. The van der Waals surface area contributed by atoms with Crippen molar-refractivity contribution < 1.29 is 13.5 Å². The Morgan fingerprint density at radius 2 is 2.00 bits per heavy atom. The Labute approximate surface area is 177 Å². The number of aliphatic hydroxyl groups is 1. The number of aliphatic imine (C=N–C) groups is 1. The van der Waals surface area contributed by atoms with Crippen molar-refractivity contribution in [2.24, 2.45) is 10.7 Å². The molecule has 1 aromatic rings. The molecule has 0 saturated carbocycles. The second-order valence-electron chi connectivity index (χ2n) is 5.89. The quantitative estimate of drug-likeness (QED) is 0.305. The fourth-order valence-corrected chi connectivity index (χ4v) is 4.45. The third kappa shape index (κ3) is 3.98. The molecule has 0 aromatic heterocycles. The molecule has 0 aliphatic heterocycles. The van der Waals surface area contributed by atoms with E-state index in [1.54, 1.807) is 18.3 Å². The van der Waals surface area contributed by atoms with E-state index in [2.05, 4.69) is 4.99 Å². The Morgan fingerprint density at radius 3 is 2.57 bits per heavy atom. The molecule has 3 N–H and O–H groups in total. The van der Waals surface area contributed by atoms with Gasteiger partial charge in [-0.1, -0.05) is 46.9 Å². The highest BCUT2D eigenvalue weighted by Crippen LogP contribution is 2.35. The van der Waals surface area contributed by atoms with Crippen molar-refractivity contribution in [1.82, 2.24) is 9.21 Å². The van der Waals surface area contributed by atoms with Crippen LogP contribution in [0.15, 0.2) is 46.5 Å². The van der Waals surface area contributed by atoms with Crippen LogP contribution in [0.4, 0.5) is 5.69 Å². The van der Waals surface area contributed by atoms with Gasteiger partial charge in [0.05, 0.1) is 15.7 Å². The predicted octanol–water partition coefficient (Wildman–Crippen LogP) is 2.36. The molecular formula is C16H16Cl3N5O3S. The molecule has 0 heterocycles. The van der Waals surface area contributed by atoms with Crippen LogP contribution in [0.2, 0.25) is 10.0 Å². The molecule has 1 aliphatic rings. The van der Waals surface area contributed by atoms with E-state index >= 15 is 0 Å². The van der Waals surface area contributed by atoms with Crippen LogP contribution in [-0.4, -0.2) is 53.8 Å². The summed E-state index contributed by atoms with van der Waals surface area (Å²) >= 11 is 17.9. The summed E-state index contributed by atoms with van der Waals surface area (Å²) in [6, 6.07) is 3.19. The van der Waals surface area contributed by atoms with Crippen molar-refractivity contribution in [2.75, 3.05) is 14.1 Å². The van der Waals surface area contributed by atoms with Crippen LogP contribution in [0, 0.1) is 11.5 Å². The van der Waals surface area contributed by atoms with Gasteiger partial charge in [0.15, 0.2) is 6.19 Å². The number of benzene rings is 1. The fraction of sp³-hybridized carbons (Fsp3) is 0.250. The maximum Gasteiger partial charge on any atom is 0.249 e. The Balaban J connectivity index is 2.58. The van der Waals surface area contributed by atoms with E-state index in [-0.39, 0.29) is 20.8 Å². The average molecular weight is 465 g/mol. The predicted molar refractivity (Wildman–Crippen MR) is 110 cm³/mol. The first-order valence-corrected chi connectivity index (χ1v) is 10.2. The lowest BCUT2D eigenvalue weighted by molar-refractivity contribution is 0.115. The molecule has 2 atom stereocenters. The zero-order valence-corrected chi connectivity index (χ0v) is 17.8. The van der Waals surface area contributed by atoms with Crippen LogP contribution < -0.4 is 5.73 Å².